The number of hydrogen-bond acceptors (Lipinski definition) is 0. The molecular formula is C48H36N2. The average molecular weight is 641 g/mol. The summed E-state index contributed by atoms with van der Waals surface area (Å²) in [5.74, 6) is 0. The fourth-order valence-electron chi connectivity index (χ4n) is 8.30. The van der Waals surface area contributed by atoms with Gasteiger partial charge in [-0.2, -0.15) is 0 Å². The van der Waals surface area contributed by atoms with Crippen LogP contribution in [0.5, 0.6) is 0 Å². The number of benzene rings is 6. The molecule has 0 unspecified atom stereocenters. The Morgan fingerprint density at radius 3 is 1.26 bits per heavy atom. The van der Waals surface area contributed by atoms with Crippen LogP contribution in [0.4, 0.5) is 0 Å². The summed E-state index contributed by atoms with van der Waals surface area (Å²) in [7, 11) is 0. The molecule has 2 aliphatic carbocycles. The molecule has 0 saturated carbocycles. The molecule has 0 amide bonds. The Morgan fingerprint density at radius 2 is 0.780 bits per heavy atom. The van der Waals surface area contributed by atoms with E-state index in [2.05, 4.69) is 179 Å². The lowest BCUT2D eigenvalue weighted by atomic mass is 9.96. The first-order valence-corrected chi connectivity index (χ1v) is 17.8. The lowest BCUT2D eigenvalue weighted by molar-refractivity contribution is 0.813. The van der Waals surface area contributed by atoms with Gasteiger partial charge in [-0.25, -0.2) is 0 Å². The highest BCUT2D eigenvalue weighted by atomic mass is 15.0. The maximum absolute atomic E-state index is 2.54. The summed E-state index contributed by atoms with van der Waals surface area (Å²) in [6.45, 7) is 0. The van der Waals surface area contributed by atoms with Crippen molar-refractivity contribution in [1.82, 2.24) is 9.13 Å². The van der Waals surface area contributed by atoms with Gasteiger partial charge in [-0.3, -0.25) is 0 Å². The molecule has 2 aliphatic rings. The standard InChI is InChI=1S/C48H36N2/c1-5-19-45-41(15-1)42-16-2-6-20-46(42)49(45)39-27-23-33(24-28-39)35-11-9-13-37(31-35)38-14-10-12-36(32-38)34-25-29-40(30-26-34)50-47-21-7-3-17-43(47)44-18-4-8-22-48(44)50/h1-6,9-20,23-32H,7-8,21-22H2. The summed E-state index contributed by atoms with van der Waals surface area (Å²) in [4.78, 5) is 0. The van der Waals surface area contributed by atoms with Crippen molar-refractivity contribution in [3.63, 3.8) is 0 Å². The van der Waals surface area contributed by atoms with Gasteiger partial charge in [0, 0.05) is 44.7 Å². The number of rotatable bonds is 5. The summed E-state index contributed by atoms with van der Waals surface area (Å²) in [6, 6.07) is 53.5. The van der Waals surface area contributed by atoms with Crippen LogP contribution in [-0.4, -0.2) is 9.13 Å². The lowest BCUT2D eigenvalue weighted by Gasteiger charge is -2.16. The highest BCUT2D eigenvalue weighted by Crippen LogP contribution is 2.37. The van der Waals surface area contributed by atoms with Crippen molar-refractivity contribution in [2.24, 2.45) is 0 Å². The molecule has 0 aliphatic heterocycles. The summed E-state index contributed by atoms with van der Waals surface area (Å²) < 4.78 is 4.91. The maximum atomic E-state index is 2.54. The molecule has 0 radical (unpaired) electrons. The highest BCUT2D eigenvalue weighted by molar-refractivity contribution is 6.09. The van der Waals surface area contributed by atoms with Gasteiger partial charge in [0.05, 0.1) is 11.0 Å². The monoisotopic (exact) mass is 640 g/mol. The van der Waals surface area contributed by atoms with Gasteiger partial charge in [-0.05, 0) is 108 Å². The quantitative estimate of drug-likeness (QED) is 0.177. The van der Waals surface area contributed by atoms with E-state index in [0.717, 1.165) is 25.7 Å². The molecule has 238 valence electrons. The summed E-state index contributed by atoms with van der Waals surface area (Å²) in [5.41, 5.74) is 18.0. The van der Waals surface area contributed by atoms with Gasteiger partial charge >= 0.3 is 0 Å². The summed E-state index contributed by atoms with van der Waals surface area (Å²) >= 11 is 0. The smallest absolute Gasteiger partial charge is 0.0541 e. The molecule has 2 heterocycles. The van der Waals surface area contributed by atoms with Crippen molar-refractivity contribution in [3.05, 3.63) is 180 Å². The lowest BCUT2D eigenvalue weighted by Crippen LogP contribution is -2.07. The highest BCUT2D eigenvalue weighted by Gasteiger charge is 2.23. The fraction of sp³-hybridized carbons (Fsp3) is 0.0833. The first-order chi connectivity index (χ1) is 24.8. The minimum Gasteiger partial charge on any atom is -0.317 e. The number of aromatic nitrogens is 2. The summed E-state index contributed by atoms with van der Waals surface area (Å²) in [6.07, 6.45) is 13.7. The molecule has 8 aromatic rings. The molecule has 0 fully saturated rings. The predicted octanol–water partition coefficient (Wildman–Crippen LogP) is 12.5. The van der Waals surface area contributed by atoms with Gasteiger partial charge in [0.2, 0.25) is 0 Å². The molecule has 0 bridgehead atoms. The van der Waals surface area contributed by atoms with Crippen LogP contribution in [0.2, 0.25) is 0 Å². The maximum Gasteiger partial charge on any atom is 0.0541 e. The van der Waals surface area contributed by atoms with E-state index in [1.807, 2.05) is 0 Å². The zero-order valence-electron chi connectivity index (χ0n) is 27.9. The van der Waals surface area contributed by atoms with E-state index < -0.39 is 0 Å². The van der Waals surface area contributed by atoms with Gasteiger partial charge in [0.15, 0.2) is 0 Å². The third kappa shape index (κ3) is 4.71. The molecule has 0 atom stereocenters. The summed E-state index contributed by atoms with van der Waals surface area (Å²) in [5, 5.41) is 2.57. The zero-order valence-corrected chi connectivity index (χ0v) is 27.9. The fourth-order valence-corrected chi connectivity index (χ4v) is 8.30. The van der Waals surface area contributed by atoms with E-state index >= 15 is 0 Å². The van der Waals surface area contributed by atoms with Gasteiger partial charge < -0.3 is 9.13 Å². The van der Waals surface area contributed by atoms with Crippen LogP contribution in [0.15, 0.2) is 158 Å². The van der Waals surface area contributed by atoms with Gasteiger partial charge in [0.1, 0.15) is 0 Å². The minimum atomic E-state index is 1.10. The molecule has 6 aromatic carbocycles. The van der Waals surface area contributed by atoms with Gasteiger partial charge in [-0.1, -0.05) is 121 Å². The molecule has 2 heteroatoms. The van der Waals surface area contributed by atoms with Crippen molar-refractivity contribution < 1.29 is 0 Å². The third-order valence-electron chi connectivity index (χ3n) is 10.7. The number of nitrogens with zero attached hydrogens (tertiary/aromatic N) is 2. The second kappa shape index (κ2) is 11.8. The van der Waals surface area contributed by atoms with Crippen LogP contribution in [0, 0.1) is 0 Å². The third-order valence-corrected chi connectivity index (χ3v) is 10.7. The zero-order chi connectivity index (χ0) is 33.0. The van der Waals surface area contributed by atoms with E-state index in [0.29, 0.717) is 0 Å². The molecule has 50 heavy (non-hydrogen) atoms. The van der Waals surface area contributed by atoms with Crippen LogP contribution in [0.25, 0.3) is 78.7 Å². The molecule has 2 nitrogen and oxygen atoms in total. The number of fused-ring (bicyclic) bond motifs is 6. The van der Waals surface area contributed by atoms with Crippen molar-refractivity contribution in [2.45, 2.75) is 25.7 Å². The number of para-hydroxylation sites is 2. The molecule has 0 saturated heterocycles. The normalized spacial score (nSPS) is 13.5. The van der Waals surface area contributed by atoms with Crippen LogP contribution < -0.4 is 0 Å². The van der Waals surface area contributed by atoms with Crippen LogP contribution in [0.1, 0.15) is 35.4 Å². The minimum absolute atomic E-state index is 1.10. The first-order valence-electron chi connectivity index (χ1n) is 17.8. The van der Waals surface area contributed by atoms with E-state index in [1.165, 1.54) is 89.1 Å². The van der Waals surface area contributed by atoms with Crippen molar-refractivity contribution in [1.29, 1.82) is 0 Å². The second-order valence-electron chi connectivity index (χ2n) is 13.6. The van der Waals surface area contributed by atoms with E-state index in [4.69, 9.17) is 0 Å². The Balaban J connectivity index is 0.949. The molecule has 0 N–H and O–H groups in total. The van der Waals surface area contributed by atoms with Gasteiger partial charge in [0.25, 0.3) is 0 Å². The number of hydrogen-bond donors (Lipinski definition) is 0. The topological polar surface area (TPSA) is 9.86 Å². The molecular weight excluding hydrogens is 605 g/mol. The van der Waals surface area contributed by atoms with Crippen molar-refractivity contribution >= 4 is 34.0 Å². The second-order valence-corrected chi connectivity index (χ2v) is 13.6. The van der Waals surface area contributed by atoms with Crippen LogP contribution in [0.3, 0.4) is 0 Å². The predicted molar refractivity (Wildman–Crippen MR) is 211 cm³/mol. The first kappa shape index (κ1) is 28.9. The average Bonchev–Trinajstić information content (AvgIpc) is 3.71. The Bertz CT molecular complexity index is 2530. The van der Waals surface area contributed by atoms with Crippen LogP contribution >= 0.6 is 0 Å². The Morgan fingerprint density at radius 1 is 0.360 bits per heavy atom. The Kier molecular flexibility index (Phi) is 6.80. The molecule has 10 rings (SSSR count). The van der Waals surface area contributed by atoms with Crippen molar-refractivity contribution in [3.8, 4) is 44.8 Å². The van der Waals surface area contributed by atoms with Crippen molar-refractivity contribution in [2.75, 3.05) is 0 Å². The Hall–Kier alpha value is -6.12. The Labute approximate surface area is 292 Å². The van der Waals surface area contributed by atoms with Gasteiger partial charge in [-0.15, -0.1) is 0 Å². The van der Waals surface area contributed by atoms with E-state index in [9.17, 15) is 0 Å². The number of allylic oxidation sites excluding steroid dienone is 2. The van der Waals surface area contributed by atoms with E-state index in [-0.39, 0.29) is 0 Å². The SMILES string of the molecule is C1=Cc2c3c(n(-c4ccc(-c5cccc(-c6cccc(-c7ccc(-n8c9ccccc9c9ccccc98)cc7)c6)c5)cc4)c2CC1)CCC=C3. The van der Waals surface area contributed by atoms with E-state index in [1.54, 1.807) is 0 Å². The molecule has 0 spiro atoms. The van der Waals surface area contributed by atoms with Crippen LogP contribution in [-0.2, 0) is 12.8 Å². The molecule has 2 aromatic heterocycles. The largest absolute Gasteiger partial charge is 0.317 e.